The smallest absolute Gasteiger partial charge is 0.167 e. The molecule has 7 heteroatoms. The number of phenolic OH excluding ortho intramolecular Hbond substituents is 1. The summed E-state index contributed by atoms with van der Waals surface area (Å²) in [4.78, 5) is 0. The molecule has 1 fully saturated rings. The van der Waals surface area contributed by atoms with E-state index >= 15 is 0 Å². The van der Waals surface area contributed by atoms with Crippen molar-refractivity contribution in [3.63, 3.8) is 0 Å². The number of aromatic hydroxyl groups is 1. The lowest BCUT2D eigenvalue weighted by Gasteiger charge is -2.51. The summed E-state index contributed by atoms with van der Waals surface area (Å²) >= 11 is 18.2. The number of fused-ring (bicyclic) bond motifs is 2. The molecule has 2 aromatic rings. The maximum absolute atomic E-state index is 10.1. The lowest BCUT2D eigenvalue weighted by atomic mass is 9.72. The van der Waals surface area contributed by atoms with Gasteiger partial charge in [-0.1, -0.05) is 41.4 Å². The van der Waals surface area contributed by atoms with Crippen molar-refractivity contribution in [3.8, 4) is 11.5 Å². The van der Waals surface area contributed by atoms with Gasteiger partial charge < -0.3 is 20.5 Å². The Bertz CT molecular complexity index is 934. The van der Waals surface area contributed by atoms with Crippen LogP contribution in [0.3, 0.4) is 0 Å². The largest absolute Gasteiger partial charge is 0.506 e. The Hall–Kier alpha value is -1.69. The number of ether oxygens (including phenoxy) is 1. The summed E-state index contributed by atoms with van der Waals surface area (Å²) in [6.45, 7) is 4.23. The van der Waals surface area contributed by atoms with E-state index in [1.807, 2.05) is 24.3 Å². The lowest BCUT2D eigenvalue weighted by molar-refractivity contribution is 0.0870. The van der Waals surface area contributed by atoms with Crippen LogP contribution in [0.1, 0.15) is 43.9 Å². The molecule has 1 saturated heterocycles. The average Bonchev–Trinajstić information content (AvgIpc) is 2.55. The molecule has 2 aliphatic rings. The number of nitrogens with one attached hydrogen (secondary N) is 2. The Balaban J connectivity index is 1.88. The van der Waals surface area contributed by atoms with Crippen LogP contribution in [-0.4, -0.2) is 15.8 Å². The minimum absolute atomic E-state index is 0.0128. The van der Waals surface area contributed by atoms with Gasteiger partial charge in [0.15, 0.2) is 5.11 Å². The van der Waals surface area contributed by atoms with Crippen molar-refractivity contribution < 1.29 is 9.84 Å². The van der Waals surface area contributed by atoms with Gasteiger partial charge in [-0.05, 0) is 44.6 Å². The van der Waals surface area contributed by atoms with Gasteiger partial charge in [0.25, 0.3) is 0 Å². The van der Waals surface area contributed by atoms with Gasteiger partial charge >= 0.3 is 0 Å². The van der Waals surface area contributed by atoms with Gasteiger partial charge in [0.05, 0.1) is 10.6 Å². The van der Waals surface area contributed by atoms with Crippen LogP contribution in [0.25, 0.3) is 0 Å². The zero-order chi connectivity index (χ0) is 19.4. The molecular weight excluding hydrogens is 403 g/mol. The SMILES string of the molecule is CC1(C)C[C@@]2(C[C@H](c3ccccc3Cl)Oc3cc(O)c(Cl)cc32)NC(=S)N1. The summed E-state index contributed by atoms with van der Waals surface area (Å²) in [7, 11) is 0. The van der Waals surface area contributed by atoms with Crippen molar-refractivity contribution in [1.29, 1.82) is 0 Å². The monoisotopic (exact) mass is 422 g/mol. The van der Waals surface area contributed by atoms with Crippen LogP contribution in [0, 0.1) is 0 Å². The van der Waals surface area contributed by atoms with Crippen LogP contribution in [0.2, 0.25) is 10.0 Å². The molecule has 2 heterocycles. The molecule has 0 aromatic heterocycles. The van der Waals surface area contributed by atoms with Crippen molar-refractivity contribution in [3.05, 3.63) is 57.6 Å². The number of thiocarbonyl (C=S) groups is 1. The van der Waals surface area contributed by atoms with Crippen molar-refractivity contribution in [2.75, 3.05) is 0 Å². The van der Waals surface area contributed by atoms with E-state index in [0.29, 0.717) is 22.3 Å². The van der Waals surface area contributed by atoms with Crippen LogP contribution in [0.15, 0.2) is 36.4 Å². The first-order valence-electron chi connectivity index (χ1n) is 8.74. The third-order valence-corrected chi connectivity index (χ3v) is 6.02. The molecule has 0 unspecified atom stereocenters. The highest BCUT2D eigenvalue weighted by Gasteiger charge is 2.49. The fourth-order valence-electron chi connectivity index (χ4n) is 4.23. The Morgan fingerprint density at radius 1 is 1.15 bits per heavy atom. The standard InChI is InChI=1S/C20H20Cl2N2O2S/c1-19(2)10-20(24-18(27)23-19)9-17(11-5-3-4-6-13(11)21)26-16-8-15(25)14(22)7-12(16)20/h3-8,17,25H,9-10H2,1-2H3,(H2,23,24,27)/t17-,20-/m1/s1. The third kappa shape index (κ3) is 3.33. The maximum atomic E-state index is 10.1. The van der Waals surface area contributed by atoms with E-state index in [2.05, 4.69) is 24.5 Å². The van der Waals surface area contributed by atoms with Crippen molar-refractivity contribution in [1.82, 2.24) is 10.6 Å². The molecule has 27 heavy (non-hydrogen) atoms. The molecule has 0 bridgehead atoms. The fraction of sp³-hybridized carbons (Fsp3) is 0.350. The molecule has 1 spiro atoms. The number of benzene rings is 2. The quantitative estimate of drug-likeness (QED) is 0.560. The van der Waals surface area contributed by atoms with E-state index in [1.54, 1.807) is 12.1 Å². The van der Waals surface area contributed by atoms with Gasteiger partial charge in [0.1, 0.15) is 17.6 Å². The molecule has 0 amide bonds. The maximum Gasteiger partial charge on any atom is 0.167 e. The molecule has 4 nitrogen and oxygen atoms in total. The van der Waals surface area contributed by atoms with Crippen LogP contribution in [0.4, 0.5) is 0 Å². The predicted octanol–water partition coefficient (Wildman–Crippen LogP) is 5.06. The summed E-state index contributed by atoms with van der Waals surface area (Å²) in [5.74, 6) is 0.571. The highest BCUT2D eigenvalue weighted by atomic mass is 35.5. The molecular formula is C20H20Cl2N2O2S. The molecule has 4 rings (SSSR count). The van der Waals surface area contributed by atoms with E-state index in [9.17, 15) is 5.11 Å². The van der Waals surface area contributed by atoms with Gasteiger partial charge in [-0.25, -0.2) is 0 Å². The number of rotatable bonds is 1. The van der Waals surface area contributed by atoms with Gasteiger partial charge in [-0.15, -0.1) is 0 Å². The van der Waals surface area contributed by atoms with E-state index in [4.69, 9.17) is 40.2 Å². The van der Waals surface area contributed by atoms with Gasteiger partial charge in [0, 0.05) is 34.2 Å². The molecule has 142 valence electrons. The highest BCUT2D eigenvalue weighted by molar-refractivity contribution is 7.80. The van der Waals surface area contributed by atoms with Crippen molar-refractivity contribution in [2.24, 2.45) is 0 Å². The summed E-state index contributed by atoms with van der Waals surface area (Å²) in [6.07, 6.45) is 1.12. The summed E-state index contributed by atoms with van der Waals surface area (Å²) in [5.41, 5.74) is 1.10. The fourth-order valence-corrected chi connectivity index (χ4v) is 5.12. The molecule has 0 saturated carbocycles. The average molecular weight is 423 g/mol. The zero-order valence-electron chi connectivity index (χ0n) is 15.0. The van der Waals surface area contributed by atoms with Crippen LogP contribution in [-0.2, 0) is 5.54 Å². The van der Waals surface area contributed by atoms with E-state index < -0.39 is 5.54 Å². The zero-order valence-corrected chi connectivity index (χ0v) is 17.3. The van der Waals surface area contributed by atoms with Crippen LogP contribution in [0.5, 0.6) is 11.5 Å². The number of phenols is 1. The second kappa shape index (κ2) is 6.43. The Morgan fingerprint density at radius 2 is 1.89 bits per heavy atom. The number of hydrogen-bond donors (Lipinski definition) is 3. The van der Waals surface area contributed by atoms with Crippen LogP contribution < -0.4 is 15.4 Å². The minimum Gasteiger partial charge on any atom is -0.506 e. The number of halogens is 2. The second-order valence-electron chi connectivity index (χ2n) is 7.85. The normalized spacial score (nSPS) is 25.9. The molecule has 2 atom stereocenters. The van der Waals surface area contributed by atoms with Gasteiger partial charge in [-0.3, -0.25) is 0 Å². The molecule has 2 aromatic carbocycles. The molecule has 2 aliphatic heterocycles. The Labute approximate surface area is 173 Å². The highest BCUT2D eigenvalue weighted by Crippen LogP contribution is 2.51. The molecule has 0 radical (unpaired) electrons. The second-order valence-corrected chi connectivity index (χ2v) is 9.08. The Morgan fingerprint density at radius 3 is 2.59 bits per heavy atom. The van der Waals surface area contributed by atoms with Crippen molar-refractivity contribution in [2.45, 2.75) is 43.9 Å². The predicted molar refractivity (Wildman–Crippen MR) is 112 cm³/mol. The lowest BCUT2D eigenvalue weighted by Crippen LogP contribution is -2.65. The summed E-state index contributed by atoms with van der Waals surface area (Å²) < 4.78 is 6.26. The molecule has 3 N–H and O–H groups in total. The van der Waals surface area contributed by atoms with Gasteiger partial charge in [-0.2, -0.15) is 0 Å². The topological polar surface area (TPSA) is 53.5 Å². The third-order valence-electron chi connectivity index (χ3n) is 5.17. The number of hydrogen-bond acceptors (Lipinski definition) is 3. The van der Waals surface area contributed by atoms with E-state index in [-0.39, 0.29) is 22.4 Å². The molecule has 0 aliphatic carbocycles. The summed E-state index contributed by atoms with van der Waals surface area (Å²) in [5, 5.41) is 18.4. The first-order chi connectivity index (χ1) is 12.7. The first-order valence-corrected chi connectivity index (χ1v) is 9.90. The first kappa shape index (κ1) is 18.7. The minimum atomic E-state index is -0.486. The van der Waals surface area contributed by atoms with Crippen molar-refractivity contribution >= 4 is 40.5 Å². The van der Waals surface area contributed by atoms with Crippen LogP contribution >= 0.6 is 35.4 Å². The Kier molecular flexibility index (Phi) is 4.45. The summed E-state index contributed by atoms with van der Waals surface area (Å²) in [6, 6.07) is 11.0. The van der Waals surface area contributed by atoms with E-state index in [0.717, 1.165) is 17.5 Å². The van der Waals surface area contributed by atoms with Gasteiger partial charge in [0.2, 0.25) is 0 Å². The van der Waals surface area contributed by atoms with E-state index in [1.165, 1.54) is 0 Å².